The molecule has 0 saturated heterocycles. The summed E-state index contributed by atoms with van der Waals surface area (Å²) in [7, 11) is -3.58. The van der Waals surface area contributed by atoms with Crippen molar-refractivity contribution in [3.05, 3.63) is 102 Å². The molecule has 1 unspecified atom stereocenters. The van der Waals surface area contributed by atoms with E-state index in [1.807, 2.05) is 67.6 Å². The third-order valence-corrected chi connectivity index (χ3v) is 6.08. The van der Waals surface area contributed by atoms with Gasteiger partial charge in [0.25, 0.3) is 0 Å². The van der Waals surface area contributed by atoms with Gasteiger partial charge in [0.2, 0.25) is 10.0 Å². The highest BCUT2D eigenvalue weighted by molar-refractivity contribution is 7.89. The zero-order valence-electron chi connectivity index (χ0n) is 16.0. The van der Waals surface area contributed by atoms with Gasteiger partial charge >= 0.3 is 0 Å². The molecule has 3 aromatic carbocycles. The Balaban J connectivity index is 1.70. The van der Waals surface area contributed by atoms with Crippen molar-refractivity contribution in [3.8, 4) is 0 Å². The number of nitrogens with one attached hydrogen (secondary N) is 2. The van der Waals surface area contributed by atoms with E-state index in [-0.39, 0.29) is 6.04 Å². The van der Waals surface area contributed by atoms with Crippen molar-refractivity contribution in [1.82, 2.24) is 10.0 Å². The second-order valence-corrected chi connectivity index (χ2v) is 8.65. The number of aryl methyl sites for hydroxylation is 1. The van der Waals surface area contributed by atoms with E-state index in [4.69, 9.17) is 0 Å². The highest BCUT2D eigenvalue weighted by Crippen LogP contribution is 2.12. The van der Waals surface area contributed by atoms with Crippen LogP contribution in [0.1, 0.15) is 16.7 Å². The predicted octanol–water partition coefficient (Wildman–Crippen LogP) is 3.67. The zero-order valence-corrected chi connectivity index (χ0v) is 16.8. The molecule has 146 valence electrons. The first kappa shape index (κ1) is 20.3. The third-order valence-electron chi connectivity index (χ3n) is 4.54. The van der Waals surface area contributed by atoms with Gasteiger partial charge < -0.3 is 5.32 Å². The van der Waals surface area contributed by atoms with Crippen LogP contribution >= 0.6 is 0 Å². The Bertz CT molecular complexity index is 957. The lowest BCUT2D eigenvalue weighted by molar-refractivity contribution is 0.513. The van der Waals surface area contributed by atoms with E-state index in [9.17, 15) is 8.42 Å². The third kappa shape index (κ3) is 6.02. The van der Waals surface area contributed by atoms with Crippen LogP contribution in [0.5, 0.6) is 0 Å². The summed E-state index contributed by atoms with van der Waals surface area (Å²) in [6, 6.07) is 26.7. The van der Waals surface area contributed by atoms with E-state index in [1.54, 1.807) is 12.1 Å². The van der Waals surface area contributed by atoms with Crippen molar-refractivity contribution in [2.45, 2.75) is 30.8 Å². The predicted molar refractivity (Wildman–Crippen MR) is 114 cm³/mol. The summed E-state index contributed by atoms with van der Waals surface area (Å²) in [4.78, 5) is 0.291. The van der Waals surface area contributed by atoms with Crippen LogP contribution in [0.3, 0.4) is 0 Å². The lowest BCUT2D eigenvalue weighted by Gasteiger charge is -2.20. The molecule has 0 radical (unpaired) electrons. The topological polar surface area (TPSA) is 58.2 Å². The van der Waals surface area contributed by atoms with Gasteiger partial charge in [-0.25, -0.2) is 13.1 Å². The SMILES string of the molecule is Cc1ccc(S(=O)(=O)NC(CNCc2ccccc2)Cc2ccccc2)cc1. The van der Waals surface area contributed by atoms with Gasteiger partial charge in [0, 0.05) is 19.1 Å². The molecule has 3 rings (SSSR count). The molecular weight excluding hydrogens is 368 g/mol. The van der Waals surface area contributed by atoms with Gasteiger partial charge in [0.1, 0.15) is 0 Å². The molecule has 1 atom stereocenters. The second kappa shape index (κ2) is 9.64. The fourth-order valence-corrected chi connectivity index (χ4v) is 4.28. The molecule has 4 nitrogen and oxygen atoms in total. The molecule has 0 aromatic heterocycles. The van der Waals surface area contributed by atoms with Crippen LogP contribution in [0.25, 0.3) is 0 Å². The normalized spacial score (nSPS) is 12.6. The van der Waals surface area contributed by atoms with E-state index >= 15 is 0 Å². The molecule has 3 aromatic rings. The van der Waals surface area contributed by atoms with E-state index in [1.165, 1.54) is 5.56 Å². The standard InChI is InChI=1S/C23H26N2O2S/c1-19-12-14-23(15-13-19)28(26,27)25-22(16-20-8-4-2-5-9-20)18-24-17-21-10-6-3-7-11-21/h2-15,22,24-25H,16-18H2,1H3. The number of sulfonamides is 1. The van der Waals surface area contributed by atoms with Gasteiger partial charge in [-0.05, 0) is 36.6 Å². The van der Waals surface area contributed by atoms with E-state index in [0.29, 0.717) is 24.4 Å². The molecule has 0 aliphatic carbocycles. The Morgan fingerprint density at radius 3 is 1.96 bits per heavy atom. The van der Waals surface area contributed by atoms with Gasteiger partial charge in [-0.3, -0.25) is 0 Å². The van der Waals surface area contributed by atoms with Gasteiger partial charge in [-0.1, -0.05) is 78.4 Å². The lowest BCUT2D eigenvalue weighted by atomic mass is 10.1. The Labute approximate surface area is 167 Å². The van der Waals surface area contributed by atoms with Crippen LogP contribution in [0.2, 0.25) is 0 Å². The Morgan fingerprint density at radius 1 is 0.786 bits per heavy atom. The second-order valence-electron chi connectivity index (χ2n) is 6.94. The number of benzene rings is 3. The van der Waals surface area contributed by atoms with E-state index in [0.717, 1.165) is 11.1 Å². The van der Waals surface area contributed by atoms with E-state index in [2.05, 4.69) is 22.2 Å². The summed E-state index contributed by atoms with van der Waals surface area (Å²) in [5, 5.41) is 3.38. The molecule has 0 bridgehead atoms. The molecule has 28 heavy (non-hydrogen) atoms. The van der Waals surface area contributed by atoms with Gasteiger partial charge in [-0.15, -0.1) is 0 Å². The summed E-state index contributed by atoms with van der Waals surface area (Å²) in [6.45, 7) is 3.17. The maximum atomic E-state index is 12.8. The first-order chi connectivity index (χ1) is 13.5. The summed E-state index contributed by atoms with van der Waals surface area (Å²) >= 11 is 0. The molecule has 0 spiro atoms. The van der Waals surface area contributed by atoms with Crippen LogP contribution in [-0.2, 0) is 23.0 Å². The van der Waals surface area contributed by atoms with Gasteiger partial charge in [0.15, 0.2) is 0 Å². The molecule has 5 heteroatoms. The van der Waals surface area contributed by atoms with Crippen molar-refractivity contribution in [1.29, 1.82) is 0 Å². The zero-order chi connectivity index (χ0) is 19.8. The molecule has 2 N–H and O–H groups in total. The maximum absolute atomic E-state index is 12.8. The Morgan fingerprint density at radius 2 is 1.36 bits per heavy atom. The monoisotopic (exact) mass is 394 g/mol. The largest absolute Gasteiger partial charge is 0.311 e. The van der Waals surface area contributed by atoms with Gasteiger partial charge in [-0.2, -0.15) is 0 Å². The molecule has 0 heterocycles. The first-order valence-corrected chi connectivity index (χ1v) is 10.9. The molecule has 0 aliphatic heterocycles. The number of hydrogen-bond donors (Lipinski definition) is 2. The summed E-state index contributed by atoms with van der Waals surface area (Å²) < 4.78 is 28.6. The Kier molecular flexibility index (Phi) is 6.98. The fraction of sp³-hybridized carbons (Fsp3) is 0.217. The van der Waals surface area contributed by atoms with Crippen molar-refractivity contribution in [3.63, 3.8) is 0 Å². The van der Waals surface area contributed by atoms with Crippen molar-refractivity contribution in [2.24, 2.45) is 0 Å². The first-order valence-electron chi connectivity index (χ1n) is 9.40. The average molecular weight is 395 g/mol. The summed E-state index contributed by atoms with van der Waals surface area (Å²) in [5.41, 5.74) is 3.30. The van der Waals surface area contributed by atoms with E-state index < -0.39 is 10.0 Å². The Hall–Kier alpha value is -2.47. The maximum Gasteiger partial charge on any atom is 0.240 e. The molecule has 0 aliphatic rings. The number of hydrogen-bond acceptors (Lipinski definition) is 3. The lowest BCUT2D eigenvalue weighted by Crippen LogP contribution is -2.43. The quantitative estimate of drug-likeness (QED) is 0.582. The molecule has 0 amide bonds. The van der Waals surface area contributed by atoms with Crippen LogP contribution < -0.4 is 10.0 Å². The summed E-state index contributed by atoms with van der Waals surface area (Å²) in [5.74, 6) is 0. The smallest absolute Gasteiger partial charge is 0.240 e. The summed E-state index contributed by atoms with van der Waals surface area (Å²) in [6.07, 6.45) is 0.619. The van der Waals surface area contributed by atoms with Crippen molar-refractivity contribution >= 4 is 10.0 Å². The molecule has 0 fully saturated rings. The highest BCUT2D eigenvalue weighted by atomic mass is 32.2. The molecule has 0 saturated carbocycles. The van der Waals surface area contributed by atoms with Gasteiger partial charge in [0.05, 0.1) is 4.90 Å². The minimum absolute atomic E-state index is 0.252. The number of rotatable bonds is 9. The highest BCUT2D eigenvalue weighted by Gasteiger charge is 2.20. The molecular formula is C23H26N2O2S. The average Bonchev–Trinajstić information content (AvgIpc) is 2.69. The van der Waals surface area contributed by atoms with Crippen molar-refractivity contribution < 1.29 is 8.42 Å². The van der Waals surface area contributed by atoms with Crippen LogP contribution in [0.15, 0.2) is 89.8 Å². The van der Waals surface area contributed by atoms with Crippen LogP contribution in [0.4, 0.5) is 0 Å². The minimum Gasteiger partial charge on any atom is -0.311 e. The fourth-order valence-electron chi connectivity index (χ4n) is 3.05. The van der Waals surface area contributed by atoms with Crippen molar-refractivity contribution in [2.75, 3.05) is 6.54 Å². The minimum atomic E-state index is -3.58. The van der Waals surface area contributed by atoms with Crippen LogP contribution in [-0.4, -0.2) is 21.0 Å². The van der Waals surface area contributed by atoms with Crippen LogP contribution in [0, 0.1) is 6.92 Å².